The monoisotopic (exact) mass is 435 g/mol. The number of halogens is 2. The lowest BCUT2D eigenvalue weighted by atomic mass is 10.1. The van der Waals surface area contributed by atoms with Crippen LogP contribution in [0.2, 0.25) is 10.0 Å². The van der Waals surface area contributed by atoms with Crippen molar-refractivity contribution < 1.29 is 0 Å². The van der Waals surface area contributed by atoms with Gasteiger partial charge in [0.05, 0.1) is 10.6 Å². The van der Waals surface area contributed by atoms with E-state index in [4.69, 9.17) is 23.2 Å². The third-order valence-electron chi connectivity index (χ3n) is 5.64. The maximum atomic E-state index is 9.23. The summed E-state index contributed by atoms with van der Waals surface area (Å²) in [5, 5.41) is 10.5. The van der Waals surface area contributed by atoms with Gasteiger partial charge >= 0.3 is 0 Å². The van der Waals surface area contributed by atoms with Crippen LogP contribution in [0.1, 0.15) is 23.1 Å². The number of hydrogen-bond donors (Lipinski definition) is 0. The highest BCUT2D eigenvalue weighted by atomic mass is 35.5. The van der Waals surface area contributed by atoms with Gasteiger partial charge < -0.3 is 4.90 Å². The largest absolute Gasteiger partial charge is 0.363 e. The van der Waals surface area contributed by atoms with Gasteiger partial charge in [-0.25, -0.2) is 0 Å². The molecular weight excluding hydrogens is 413 g/mol. The molecule has 1 saturated heterocycles. The lowest BCUT2D eigenvalue weighted by molar-refractivity contribution is 0.325. The maximum Gasteiger partial charge on any atom is 0.101 e. The van der Waals surface area contributed by atoms with Gasteiger partial charge in [-0.15, -0.1) is 0 Å². The van der Waals surface area contributed by atoms with Gasteiger partial charge in [-0.05, 0) is 41.8 Å². The quantitative estimate of drug-likeness (QED) is 0.465. The minimum atomic E-state index is 0.342. The van der Waals surface area contributed by atoms with Crippen molar-refractivity contribution in [2.24, 2.45) is 0 Å². The van der Waals surface area contributed by atoms with Gasteiger partial charge in [-0.3, -0.25) is 4.90 Å². The zero-order chi connectivity index (χ0) is 20.9. The van der Waals surface area contributed by atoms with Gasteiger partial charge in [-0.1, -0.05) is 71.7 Å². The first-order chi connectivity index (χ1) is 14.6. The molecule has 1 heterocycles. The number of hydrogen-bond acceptors (Lipinski definition) is 3. The van der Waals surface area contributed by atoms with Crippen LogP contribution in [0.15, 0.2) is 72.8 Å². The minimum Gasteiger partial charge on any atom is -0.363 e. The van der Waals surface area contributed by atoms with Gasteiger partial charge in [0.15, 0.2) is 0 Å². The van der Waals surface area contributed by atoms with Crippen LogP contribution in [0, 0.1) is 11.3 Å². The smallest absolute Gasteiger partial charge is 0.101 e. The summed E-state index contributed by atoms with van der Waals surface area (Å²) in [6.45, 7) is 3.66. The fraction of sp³-hybridized carbons (Fsp3) is 0.240. The fourth-order valence-electron chi connectivity index (χ4n) is 4.07. The van der Waals surface area contributed by atoms with Crippen molar-refractivity contribution in [3.8, 4) is 6.07 Å². The predicted molar refractivity (Wildman–Crippen MR) is 124 cm³/mol. The van der Waals surface area contributed by atoms with Crippen LogP contribution in [-0.4, -0.2) is 24.0 Å². The fourth-order valence-corrected chi connectivity index (χ4v) is 4.48. The van der Waals surface area contributed by atoms with E-state index in [9.17, 15) is 5.26 Å². The summed E-state index contributed by atoms with van der Waals surface area (Å²) in [5.41, 5.74) is 3.93. The first-order valence-electron chi connectivity index (χ1n) is 10.1. The Kier molecular flexibility index (Phi) is 6.59. The zero-order valence-electron chi connectivity index (χ0n) is 16.6. The van der Waals surface area contributed by atoms with E-state index in [1.165, 1.54) is 5.56 Å². The summed E-state index contributed by atoms with van der Waals surface area (Å²) in [6.07, 6.45) is 1.06. The van der Waals surface area contributed by atoms with Crippen molar-refractivity contribution in [1.29, 1.82) is 5.26 Å². The van der Waals surface area contributed by atoms with Crippen molar-refractivity contribution in [3.63, 3.8) is 0 Å². The van der Waals surface area contributed by atoms with E-state index in [1.54, 1.807) is 6.07 Å². The minimum absolute atomic E-state index is 0.342. The Bertz CT molecular complexity index is 1050. The first kappa shape index (κ1) is 20.8. The van der Waals surface area contributed by atoms with Gasteiger partial charge in [0.1, 0.15) is 6.07 Å². The van der Waals surface area contributed by atoms with E-state index < -0.39 is 0 Å². The van der Waals surface area contributed by atoms with E-state index in [2.05, 4.69) is 52.3 Å². The molecule has 0 amide bonds. The highest BCUT2D eigenvalue weighted by Gasteiger charge is 2.28. The van der Waals surface area contributed by atoms with Crippen LogP contribution >= 0.6 is 23.2 Å². The van der Waals surface area contributed by atoms with Crippen molar-refractivity contribution in [2.75, 3.05) is 18.0 Å². The molecule has 1 fully saturated rings. The van der Waals surface area contributed by atoms with Gasteiger partial charge in [0, 0.05) is 42.9 Å². The predicted octanol–water partition coefficient (Wildman–Crippen LogP) is 6.15. The summed E-state index contributed by atoms with van der Waals surface area (Å²) in [7, 11) is 0. The molecule has 0 aromatic heterocycles. The number of anilines is 1. The van der Waals surface area contributed by atoms with Gasteiger partial charge in [-0.2, -0.15) is 5.26 Å². The Hall–Kier alpha value is -2.51. The molecule has 4 rings (SSSR count). The summed E-state index contributed by atoms with van der Waals surface area (Å²) in [4.78, 5) is 4.87. The van der Waals surface area contributed by atoms with Crippen molar-refractivity contribution in [1.82, 2.24) is 4.90 Å². The van der Waals surface area contributed by atoms with E-state index >= 15 is 0 Å². The number of nitrogens with zero attached hydrogens (tertiary/aromatic N) is 3. The molecule has 1 aliphatic heterocycles. The average Bonchev–Trinajstić information content (AvgIpc) is 3.22. The maximum absolute atomic E-state index is 9.23. The molecule has 1 aliphatic rings. The Morgan fingerprint density at radius 1 is 0.967 bits per heavy atom. The van der Waals surface area contributed by atoms with Crippen LogP contribution in [0.3, 0.4) is 0 Å². The second-order valence-electron chi connectivity index (χ2n) is 7.66. The zero-order valence-corrected chi connectivity index (χ0v) is 18.2. The molecule has 5 heteroatoms. The molecule has 0 bridgehead atoms. The second kappa shape index (κ2) is 9.53. The standard InChI is InChI=1S/C25H23Cl2N3/c26-24-9-5-4-8-21(24)17-30(22-11-10-20(15-28)25(27)14-22)23-12-13-29(18-23)16-19-6-2-1-3-7-19/h1-11,14,23H,12-13,16-18H2. The van der Waals surface area contributed by atoms with Crippen LogP contribution in [0.4, 0.5) is 5.69 Å². The topological polar surface area (TPSA) is 30.3 Å². The molecule has 1 atom stereocenters. The third kappa shape index (κ3) is 4.79. The van der Waals surface area contributed by atoms with Crippen molar-refractivity contribution in [2.45, 2.75) is 25.6 Å². The van der Waals surface area contributed by atoms with Gasteiger partial charge in [0.25, 0.3) is 0 Å². The van der Waals surface area contributed by atoms with Gasteiger partial charge in [0.2, 0.25) is 0 Å². The highest BCUT2D eigenvalue weighted by Crippen LogP contribution is 2.31. The summed E-state index contributed by atoms with van der Waals surface area (Å²) < 4.78 is 0. The number of benzene rings is 3. The van der Waals surface area contributed by atoms with Crippen LogP contribution < -0.4 is 4.90 Å². The lowest BCUT2D eigenvalue weighted by Gasteiger charge is -2.32. The molecular formula is C25H23Cl2N3. The Labute approximate surface area is 188 Å². The number of nitriles is 1. The normalized spacial score (nSPS) is 16.4. The summed E-state index contributed by atoms with van der Waals surface area (Å²) in [5.74, 6) is 0. The average molecular weight is 436 g/mol. The Morgan fingerprint density at radius 3 is 2.47 bits per heavy atom. The molecule has 3 aromatic rings. The van der Waals surface area contributed by atoms with Crippen LogP contribution in [0.5, 0.6) is 0 Å². The number of rotatable bonds is 6. The van der Waals surface area contributed by atoms with Crippen LogP contribution in [0.25, 0.3) is 0 Å². The molecule has 0 radical (unpaired) electrons. The van der Waals surface area contributed by atoms with Crippen LogP contribution in [-0.2, 0) is 13.1 Å². The molecule has 3 aromatic carbocycles. The van der Waals surface area contributed by atoms with E-state index in [0.717, 1.165) is 42.3 Å². The molecule has 0 N–H and O–H groups in total. The second-order valence-corrected chi connectivity index (χ2v) is 8.47. The Morgan fingerprint density at radius 2 is 1.73 bits per heavy atom. The SMILES string of the molecule is N#Cc1ccc(N(Cc2ccccc2Cl)C2CCN(Cc3ccccc3)C2)cc1Cl. The molecule has 152 valence electrons. The Balaban J connectivity index is 1.58. The van der Waals surface area contributed by atoms with Crippen molar-refractivity contribution in [3.05, 3.63) is 99.5 Å². The molecule has 1 unspecified atom stereocenters. The highest BCUT2D eigenvalue weighted by molar-refractivity contribution is 6.32. The molecule has 0 spiro atoms. The summed E-state index contributed by atoms with van der Waals surface area (Å²) >= 11 is 12.8. The molecule has 0 aliphatic carbocycles. The third-order valence-corrected chi connectivity index (χ3v) is 6.32. The first-order valence-corrected chi connectivity index (χ1v) is 10.9. The molecule has 0 saturated carbocycles. The van der Waals surface area contributed by atoms with Crippen molar-refractivity contribution >= 4 is 28.9 Å². The van der Waals surface area contributed by atoms with E-state index in [-0.39, 0.29) is 0 Å². The summed E-state index contributed by atoms with van der Waals surface area (Å²) in [6, 6.07) is 26.7. The lowest BCUT2D eigenvalue weighted by Crippen LogP contribution is -2.37. The number of likely N-dealkylation sites (tertiary alicyclic amines) is 1. The molecule has 3 nitrogen and oxygen atoms in total. The van der Waals surface area contributed by atoms with E-state index in [0.29, 0.717) is 23.2 Å². The van der Waals surface area contributed by atoms with E-state index in [1.807, 2.05) is 30.3 Å². The molecule has 30 heavy (non-hydrogen) atoms.